The van der Waals surface area contributed by atoms with Gasteiger partial charge < -0.3 is 10.2 Å². The van der Waals surface area contributed by atoms with Gasteiger partial charge in [-0.1, -0.05) is 85.3 Å². The van der Waals surface area contributed by atoms with Crippen molar-refractivity contribution >= 4 is 23.6 Å². The van der Waals surface area contributed by atoms with Gasteiger partial charge in [0.2, 0.25) is 11.8 Å². The van der Waals surface area contributed by atoms with Gasteiger partial charge in [0.05, 0.1) is 5.75 Å². The standard InChI is InChI=1S/C28H32N2O2S/c1-3-18-29-28(32)26(19-23-10-6-4-7-11-23)30(20-24-12-8-5-9-13-24)27(31)21-33-25-16-14-22(2)15-17-25/h4-17,26H,3,18-21H2,1-2H3,(H,29,32)/t26-/m0/s1. The zero-order chi connectivity index (χ0) is 23.5. The maximum atomic E-state index is 13.5. The van der Waals surface area contributed by atoms with Crippen molar-refractivity contribution in [3.63, 3.8) is 0 Å². The SMILES string of the molecule is CCCNC(=O)[C@H](Cc1ccccc1)N(Cc1ccccc1)C(=O)CSc1ccc(C)cc1. The number of nitrogens with one attached hydrogen (secondary N) is 1. The minimum atomic E-state index is -0.578. The van der Waals surface area contributed by atoms with Crippen molar-refractivity contribution in [2.24, 2.45) is 0 Å². The van der Waals surface area contributed by atoms with Crippen LogP contribution < -0.4 is 5.32 Å². The molecule has 0 aliphatic rings. The van der Waals surface area contributed by atoms with Gasteiger partial charge in [0, 0.05) is 24.4 Å². The second-order valence-electron chi connectivity index (χ2n) is 8.11. The highest BCUT2D eigenvalue weighted by Gasteiger charge is 2.30. The van der Waals surface area contributed by atoms with Crippen LogP contribution in [0.1, 0.15) is 30.0 Å². The van der Waals surface area contributed by atoms with Crippen molar-refractivity contribution in [1.82, 2.24) is 10.2 Å². The van der Waals surface area contributed by atoms with E-state index in [1.54, 1.807) is 4.90 Å². The summed E-state index contributed by atoms with van der Waals surface area (Å²) in [6.07, 6.45) is 1.32. The number of carbonyl (C=O) groups excluding carboxylic acids is 2. The summed E-state index contributed by atoms with van der Waals surface area (Å²) in [4.78, 5) is 29.6. The number of nitrogens with zero attached hydrogens (tertiary/aromatic N) is 1. The zero-order valence-electron chi connectivity index (χ0n) is 19.4. The molecule has 3 aromatic rings. The van der Waals surface area contributed by atoms with E-state index in [1.165, 1.54) is 17.3 Å². The molecule has 3 rings (SSSR count). The van der Waals surface area contributed by atoms with Crippen LogP contribution in [0.25, 0.3) is 0 Å². The smallest absolute Gasteiger partial charge is 0.243 e. The van der Waals surface area contributed by atoms with Gasteiger partial charge in [-0.15, -0.1) is 11.8 Å². The Bertz CT molecular complexity index is 1010. The highest BCUT2D eigenvalue weighted by Crippen LogP contribution is 2.21. The summed E-state index contributed by atoms with van der Waals surface area (Å²) in [5.74, 6) is 0.129. The van der Waals surface area contributed by atoms with E-state index in [0.29, 0.717) is 19.5 Å². The lowest BCUT2D eigenvalue weighted by Crippen LogP contribution is -2.51. The van der Waals surface area contributed by atoms with Crippen LogP contribution in [0.3, 0.4) is 0 Å². The van der Waals surface area contributed by atoms with E-state index in [0.717, 1.165) is 22.4 Å². The maximum absolute atomic E-state index is 13.5. The molecule has 1 atom stereocenters. The predicted molar refractivity (Wildman–Crippen MR) is 136 cm³/mol. The fraction of sp³-hybridized carbons (Fsp3) is 0.286. The number of hydrogen-bond donors (Lipinski definition) is 1. The third kappa shape index (κ3) is 7.79. The van der Waals surface area contributed by atoms with Crippen LogP contribution in [-0.2, 0) is 22.6 Å². The lowest BCUT2D eigenvalue weighted by molar-refractivity contribution is -0.139. The number of rotatable bonds is 11. The maximum Gasteiger partial charge on any atom is 0.243 e. The summed E-state index contributed by atoms with van der Waals surface area (Å²) >= 11 is 1.51. The predicted octanol–water partition coefficient (Wildman–Crippen LogP) is 5.25. The molecule has 0 spiro atoms. The van der Waals surface area contributed by atoms with E-state index in [-0.39, 0.29) is 17.6 Å². The molecule has 0 saturated heterocycles. The second kappa shape index (κ2) is 12.9. The second-order valence-corrected chi connectivity index (χ2v) is 9.15. The number of amides is 2. The minimum Gasteiger partial charge on any atom is -0.354 e. The highest BCUT2D eigenvalue weighted by atomic mass is 32.2. The third-order valence-corrected chi connectivity index (χ3v) is 6.40. The van der Waals surface area contributed by atoms with Gasteiger partial charge in [-0.3, -0.25) is 9.59 Å². The molecule has 2 amide bonds. The fourth-order valence-electron chi connectivity index (χ4n) is 3.56. The zero-order valence-corrected chi connectivity index (χ0v) is 20.2. The summed E-state index contributed by atoms with van der Waals surface area (Å²) in [5, 5.41) is 3.01. The quantitative estimate of drug-likeness (QED) is 0.398. The van der Waals surface area contributed by atoms with Crippen molar-refractivity contribution in [3.05, 3.63) is 102 Å². The van der Waals surface area contributed by atoms with Crippen LogP contribution in [0.2, 0.25) is 0 Å². The average Bonchev–Trinajstić information content (AvgIpc) is 2.85. The van der Waals surface area contributed by atoms with Gasteiger partial charge in [-0.25, -0.2) is 0 Å². The molecule has 172 valence electrons. The summed E-state index contributed by atoms with van der Waals surface area (Å²) in [7, 11) is 0. The van der Waals surface area contributed by atoms with Gasteiger partial charge >= 0.3 is 0 Å². The third-order valence-electron chi connectivity index (χ3n) is 5.40. The Morgan fingerprint density at radius 3 is 2.09 bits per heavy atom. The number of aryl methyl sites for hydroxylation is 1. The van der Waals surface area contributed by atoms with E-state index in [1.807, 2.05) is 98.8 Å². The van der Waals surface area contributed by atoms with Crippen molar-refractivity contribution in [1.29, 1.82) is 0 Å². The largest absolute Gasteiger partial charge is 0.354 e. The summed E-state index contributed by atoms with van der Waals surface area (Å²) in [5.41, 5.74) is 3.23. The molecule has 0 aliphatic heterocycles. The van der Waals surface area contributed by atoms with E-state index in [4.69, 9.17) is 0 Å². The Hall–Kier alpha value is -3.05. The minimum absolute atomic E-state index is 0.0444. The normalized spacial score (nSPS) is 11.6. The Kier molecular flexibility index (Phi) is 9.58. The number of carbonyl (C=O) groups is 2. The lowest BCUT2D eigenvalue weighted by atomic mass is 10.0. The van der Waals surface area contributed by atoms with Crippen LogP contribution in [0, 0.1) is 6.92 Å². The van der Waals surface area contributed by atoms with Gasteiger partial charge in [-0.05, 0) is 36.6 Å². The number of benzene rings is 3. The number of thioether (sulfide) groups is 1. The first-order chi connectivity index (χ1) is 16.1. The van der Waals surface area contributed by atoms with Crippen LogP contribution in [0.15, 0.2) is 89.8 Å². The van der Waals surface area contributed by atoms with Crippen LogP contribution in [0.5, 0.6) is 0 Å². The molecule has 0 heterocycles. The molecule has 5 heteroatoms. The van der Waals surface area contributed by atoms with E-state index >= 15 is 0 Å². The molecule has 0 fully saturated rings. The summed E-state index contributed by atoms with van der Waals surface area (Å²) in [6.45, 7) is 5.06. The Labute approximate surface area is 201 Å². The molecule has 3 aromatic carbocycles. The molecule has 0 aromatic heterocycles. The van der Waals surface area contributed by atoms with Crippen molar-refractivity contribution in [3.8, 4) is 0 Å². The molecule has 33 heavy (non-hydrogen) atoms. The van der Waals surface area contributed by atoms with Gasteiger partial charge in [0.15, 0.2) is 0 Å². The molecule has 0 unspecified atom stereocenters. The van der Waals surface area contributed by atoms with E-state index < -0.39 is 6.04 Å². The first-order valence-electron chi connectivity index (χ1n) is 11.4. The Morgan fingerprint density at radius 1 is 0.879 bits per heavy atom. The molecular weight excluding hydrogens is 428 g/mol. The Balaban J connectivity index is 1.85. The summed E-state index contributed by atoms with van der Waals surface area (Å²) < 4.78 is 0. The average molecular weight is 461 g/mol. The Morgan fingerprint density at radius 2 is 1.48 bits per heavy atom. The topological polar surface area (TPSA) is 49.4 Å². The lowest BCUT2D eigenvalue weighted by Gasteiger charge is -2.31. The molecule has 0 bridgehead atoms. The number of hydrogen-bond acceptors (Lipinski definition) is 3. The van der Waals surface area contributed by atoms with Gasteiger partial charge in [0.1, 0.15) is 6.04 Å². The molecule has 0 saturated carbocycles. The fourth-order valence-corrected chi connectivity index (χ4v) is 4.35. The van der Waals surface area contributed by atoms with Crippen molar-refractivity contribution < 1.29 is 9.59 Å². The van der Waals surface area contributed by atoms with Crippen LogP contribution in [-0.4, -0.2) is 35.1 Å². The van der Waals surface area contributed by atoms with Crippen molar-refractivity contribution in [2.45, 2.75) is 44.2 Å². The van der Waals surface area contributed by atoms with Crippen molar-refractivity contribution in [2.75, 3.05) is 12.3 Å². The molecule has 1 N–H and O–H groups in total. The van der Waals surface area contributed by atoms with Crippen LogP contribution >= 0.6 is 11.8 Å². The molecular formula is C28H32N2O2S. The van der Waals surface area contributed by atoms with E-state index in [2.05, 4.69) is 5.32 Å². The van der Waals surface area contributed by atoms with Gasteiger partial charge in [-0.2, -0.15) is 0 Å². The molecule has 0 radical (unpaired) electrons. The van der Waals surface area contributed by atoms with E-state index in [9.17, 15) is 9.59 Å². The van der Waals surface area contributed by atoms with Crippen LogP contribution in [0.4, 0.5) is 0 Å². The summed E-state index contributed by atoms with van der Waals surface area (Å²) in [6, 6.07) is 27.4. The van der Waals surface area contributed by atoms with Gasteiger partial charge in [0.25, 0.3) is 0 Å². The first-order valence-corrected chi connectivity index (χ1v) is 12.4. The first kappa shape index (κ1) is 24.6. The molecule has 0 aliphatic carbocycles. The molecule has 4 nitrogen and oxygen atoms in total. The monoisotopic (exact) mass is 460 g/mol. The highest BCUT2D eigenvalue weighted by molar-refractivity contribution is 8.00.